The number of hydrogen-bond donors (Lipinski definition) is 1. The molecular weight excluding hydrogens is 259 g/mol. The molecule has 0 aliphatic carbocycles. The molecule has 1 heterocycles. The van der Waals surface area contributed by atoms with Crippen molar-refractivity contribution in [3.63, 3.8) is 0 Å². The van der Waals surface area contributed by atoms with Crippen LogP contribution in [0.15, 0.2) is 18.2 Å². The summed E-state index contributed by atoms with van der Waals surface area (Å²) < 4.78 is 24.9. The van der Waals surface area contributed by atoms with Gasteiger partial charge < -0.3 is 14.6 Å². The van der Waals surface area contributed by atoms with Gasteiger partial charge in [-0.2, -0.15) is 0 Å². The van der Waals surface area contributed by atoms with Crippen LogP contribution in [0.4, 0.5) is 4.39 Å². The summed E-state index contributed by atoms with van der Waals surface area (Å²) in [5, 5.41) is 8.62. The molecule has 3 nitrogen and oxygen atoms in total. The number of ether oxygens (including phenoxy) is 2. The van der Waals surface area contributed by atoms with Crippen LogP contribution in [0, 0.1) is 17.7 Å². The van der Waals surface area contributed by atoms with Gasteiger partial charge in [0.1, 0.15) is 18.2 Å². The molecule has 0 bridgehead atoms. The summed E-state index contributed by atoms with van der Waals surface area (Å²) in [6, 6.07) is 4.64. The van der Waals surface area contributed by atoms with E-state index in [-0.39, 0.29) is 12.7 Å². The molecule has 4 heteroatoms. The molecule has 1 unspecified atom stereocenters. The van der Waals surface area contributed by atoms with E-state index in [1.807, 2.05) is 0 Å². The molecule has 0 amide bonds. The molecule has 1 aliphatic rings. The molecule has 1 aromatic carbocycles. The van der Waals surface area contributed by atoms with Crippen molar-refractivity contribution in [1.82, 2.24) is 0 Å². The standard InChI is InChI=1S/C16H19FO3/c17-16-11-14(8-7-13(16)5-1-3-9-18)20-12-15-6-2-4-10-19-15/h7-8,11,15,18H,2-4,6,9-10,12H2. The van der Waals surface area contributed by atoms with E-state index in [1.54, 1.807) is 12.1 Å². The van der Waals surface area contributed by atoms with Crippen LogP contribution in [0.5, 0.6) is 5.75 Å². The molecule has 1 fully saturated rings. The molecule has 1 atom stereocenters. The highest BCUT2D eigenvalue weighted by Gasteiger charge is 2.14. The predicted molar refractivity (Wildman–Crippen MR) is 74.1 cm³/mol. The topological polar surface area (TPSA) is 38.7 Å². The number of halogens is 1. The second-order valence-electron chi connectivity index (χ2n) is 4.72. The molecule has 108 valence electrons. The first-order valence-corrected chi connectivity index (χ1v) is 6.93. The molecule has 20 heavy (non-hydrogen) atoms. The van der Waals surface area contributed by atoms with Crippen LogP contribution in [0.3, 0.4) is 0 Å². The number of hydrogen-bond acceptors (Lipinski definition) is 3. The molecule has 0 saturated carbocycles. The Bertz CT molecular complexity index is 484. The normalized spacial score (nSPS) is 18.2. The molecule has 1 aliphatic heterocycles. The third kappa shape index (κ3) is 4.52. The summed E-state index contributed by atoms with van der Waals surface area (Å²) in [4.78, 5) is 0. The maximum absolute atomic E-state index is 13.8. The quantitative estimate of drug-likeness (QED) is 0.860. The zero-order valence-electron chi connectivity index (χ0n) is 11.4. The van der Waals surface area contributed by atoms with E-state index in [0.717, 1.165) is 25.9 Å². The molecule has 1 aromatic rings. The zero-order chi connectivity index (χ0) is 14.2. The SMILES string of the molecule is OCCC#Cc1ccc(OCC2CCCCO2)cc1F. The Morgan fingerprint density at radius 3 is 3.00 bits per heavy atom. The molecule has 2 rings (SSSR count). The van der Waals surface area contributed by atoms with Gasteiger partial charge in [-0.15, -0.1) is 0 Å². The summed E-state index contributed by atoms with van der Waals surface area (Å²) in [5.41, 5.74) is 0.319. The van der Waals surface area contributed by atoms with Crippen molar-refractivity contribution < 1.29 is 19.0 Å². The van der Waals surface area contributed by atoms with Crippen LogP contribution >= 0.6 is 0 Å². The van der Waals surface area contributed by atoms with Gasteiger partial charge in [-0.05, 0) is 31.4 Å². The lowest BCUT2D eigenvalue weighted by atomic mass is 10.1. The fraction of sp³-hybridized carbons (Fsp3) is 0.500. The molecule has 0 aromatic heterocycles. The predicted octanol–water partition coefficient (Wildman–Crippen LogP) is 2.51. The molecule has 1 N–H and O–H groups in total. The zero-order valence-corrected chi connectivity index (χ0v) is 11.4. The maximum atomic E-state index is 13.8. The lowest BCUT2D eigenvalue weighted by molar-refractivity contribution is -0.0111. The summed E-state index contributed by atoms with van der Waals surface area (Å²) in [6.45, 7) is 1.22. The second-order valence-corrected chi connectivity index (χ2v) is 4.72. The van der Waals surface area contributed by atoms with Gasteiger partial charge >= 0.3 is 0 Å². The van der Waals surface area contributed by atoms with Crippen molar-refractivity contribution in [1.29, 1.82) is 0 Å². The summed E-state index contributed by atoms with van der Waals surface area (Å²) in [6.07, 6.45) is 3.70. The van der Waals surface area contributed by atoms with Gasteiger partial charge in [-0.1, -0.05) is 11.8 Å². The summed E-state index contributed by atoms with van der Waals surface area (Å²) in [7, 11) is 0. The van der Waals surface area contributed by atoms with Crippen LogP contribution < -0.4 is 4.74 Å². The van der Waals surface area contributed by atoms with Crippen LogP contribution in [0.2, 0.25) is 0 Å². The van der Waals surface area contributed by atoms with E-state index in [9.17, 15) is 4.39 Å². The van der Waals surface area contributed by atoms with Crippen molar-refractivity contribution in [2.45, 2.75) is 31.8 Å². The number of benzene rings is 1. The Kier molecular flexibility index (Phi) is 5.85. The molecule has 1 saturated heterocycles. The van der Waals surface area contributed by atoms with Crippen LogP contribution in [-0.4, -0.2) is 31.0 Å². The van der Waals surface area contributed by atoms with Gasteiger partial charge in [-0.3, -0.25) is 0 Å². The minimum Gasteiger partial charge on any atom is -0.491 e. The van der Waals surface area contributed by atoms with Crippen molar-refractivity contribution in [2.24, 2.45) is 0 Å². The fourth-order valence-electron chi connectivity index (χ4n) is 2.03. The van der Waals surface area contributed by atoms with E-state index in [4.69, 9.17) is 14.6 Å². The monoisotopic (exact) mass is 278 g/mol. The summed E-state index contributed by atoms with van der Waals surface area (Å²) >= 11 is 0. The molecule has 0 radical (unpaired) electrons. The van der Waals surface area contributed by atoms with Crippen LogP contribution in [0.1, 0.15) is 31.2 Å². The van der Waals surface area contributed by atoms with Gasteiger partial charge in [0.05, 0.1) is 18.3 Å². The second kappa shape index (κ2) is 7.88. The van der Waals surface area contributed by atoms with Gasteiger partial charge in [0.25, 0.3) is 0 Å². The van der Waals surface area contributed by atoms with E-state index < -0.39 is 5.82 Å². The lowest BCUT2D eigenvalue weighted by Gasteiger charge is -2.22. The highest BCUT2D eigenvalue weighted by Crippen LogP contribution is 2.18. The molecular formula is C16H19FO3. The first-order chi connectivity index (χ1) is 9.79. The van der Waals surface area contributed by atoms with Crippen LogP contribution in [0.25, 0.3) is 0 Å². The average Bonchev–Trinajstić information content (AvgIpc) is 2.48. The Morgan fingerprint density at radius 1 is 1.40 bits per heavy atom. The van der Waals surface area contributed by atoms with Gasteiger partial charge in [0.2, 0.25) is 0 Å². The first-order valence-electron chi connectivity index (χ1n) is 6.93. The maximum Gasteiger partial charge on any atom is 0.142 e. The third-order valence-electron chi connectivity index (χ3n) is 3.11. The summed E-state index contributed by atoms with van der Waals surface area (Å²) in [5.74, 6) is 5.46. The smallest absolute Gasteiger partial charge is 0.142 e. The van der Waals surface area contributed by atoms with Gasteiger partial charge in [0, 0.05) is 19.1 Å². The number of rotatable bonds is 4. The highest BCUT2D eigenvalue weighted by molar-refractivity contribution is 5.39. The van der Waals surface area contributed by atoms with Crippen molar-refractivity contribution in [3.8, 4) is 17.6 Å². The van der Waals surface area contributed by atoms with Crippen molar-refractivity contribution in [3.05, 3.63) is 29.6 Å². The van der Waals surface area contributed by atoms with E-state index in [2.05, 4.69) is 11.8 Å². The van der Waals surface area contributed by atoms with Crippen molar-refractivity contribution in [2.75, 3.05) is 19.8 Å². The van der Waals surface area contributed by atoms with E-state index in [1.165, 1.54) is 6.07 Å². The van der Waals surface area contributed by atoms with Gasteiger partial charge in [-0.25, -0.2) is 4.39 Å². The number of aliphatic hydroxyl groups is 1. The average molecular weight is 278 g/mol. The van der Waals surface area contributed by atoms with Crippen molar-refractivity contribution >= 4 is 0 Å². The minimum absolute atomic E-state index is 0.0167. The largest absolute Gasteiger partial charge is 0.491 e. The van der Waals surface area contributed by atoms with Crippen LogP contribution in [-0.2, 0) is 4.74 Å². The Morgan fingerprint density at radius 2 is 2.30 bits per heavy atom. The Balaban J connectivity index is 1.90. The third-order valence-corrected chi connectivity index (χ3v) is 3.11. The fourth-order valence-corrected chi connectivity index (χ4v) is 2.03. The molecule has 0 spiro atoms. The lowest BCUT2D eigenvalue weighted by Crippen LogP contribution is -2.25. The van der Waals surface area contributed by atoms with E-state index in [0.29, 0.717) is 24.3 Å². The minimum atomic E-state index is -0.405. The highest BCUT2D eigenvalue weighted by atomic mass is 19.1. The van der Waals surface area contributed by atoms with Gasteiger partial charge in [0.15, 0.2) is 0 Å². The Hall–Kier alpha value is -1.57. The Labute approximate surface area is 118 Å². The van der Waals surface area contributed by atoms with E-state index >= 15 is 0 Å². The first kappa shape index (κ1) is 14.8. The number of aliphatic hydroxyl groups excluding tert-OH is 1.